The average Bonchev–Trinajstić information content (AvgIpc) is 2.28. The first-order chi connectivity index (χ1) is 6.99. The van der Waals surface area contributed by atoms with Crippen LogP contribution in [0.1, 0.15) is 45.6 Å². The first-order valence-corrected chi connectivity index (χ1v) is 5.57. The highest BCUT2D eigenvalue weighted by atomic mass is 16.3. The van der Waals surface area contributed by atoms with E-state index >= 15 is 0 Å². The molecule has 1 aromatic rings. The summed E-state index contributed by atoms with van der Waals surface area (Å²) in [6, 6.07) is 3.94. The van der Waals surface area contributed by atoms with Gasteiger partial charge in [-0.2, -0.15) is 0 Å². The van der Waals surface area contributed by atoms with E-state index in [9.17, 15) is 5.11 Å². The van der Waals surface area contributed by atoms with Gasteiger partial charge in [0.25, 0.3) is 0 Å². The van der Waals surface area contributed by atoms with Crippen LogP contribution in [0, 0.1) is 5.41 Å². The lowest BCUT2D eigenvalue weighted by Gasteiger charge is -2.33. The maximum Gasteiger partial charge on any atom is 0.0656 e. The quantitative estimate of drug-likeness (QED) is 0.823. The first kappa shape index (κ1) is 12.2. The van der Waals surface area contributed by atoms with Crippen molar-refractivity contribution in [2.24, 2.45) is 5.41 Å². The standard InChI is InChI=1S/C13H21NO/c1-5-13(3,4)12(15)10(2)11-6-8-14-9-7-11/h6-10,12,15H,5H2,1-4H3. The minimum Gasteiger partial charge on any atom is -0.392 e. The Kier molecular flexibility index (Phi) is 3.86. The number of hydrogen-bond acceptors (Lipinski definition) is 2. The molecule has 0 radical (unpaired) electrons. The van der Waals surface area contributed by atoms with Gasteiger partial charge >= 0.3 is 0 Å². The van der Waals surface area contributed by atoms with E-state index in [1.165, 1.54) is 0 Å². The van der Waals surface area contributed by atoms with Gasteiger partial charge in [-0.3, -0.25) is 4.98 Å². The van der Waals surface area contributed by atoms with Crippen molar-refractivity contribution in [1.29, 1.82) is 0 Å². The number of rotatable bonds is 4. The summed E-state index contributed by atoms with van der Waals surface area (Å²) in [4.78, 5) is 3.99. The average molecular weight is 207 g/mol. The zero-order chi connectivity index (χ0) is 11.5. The van der Waals surface area contributed by atoms with E-state index in [4.69, 9.17) is 0 Å². The number of aromatic nitrogens is 1. The Morgan fingerprint density at radius 3 is 2.33 bits per heavy atom. The summed E-state index contributed by atoms with van der Waals surface area (Å²) < 4.78 is 0. The van der Waals surface area contributed by atoms with Gasteiger partial charge in [0.15, 0.2) is 0 Å². The Hall–Kier alpha value is -0.890. The van der Waals surface area contributed by atoms with Gasteiger partial charge in [-0.05, 0) is 29.5 Å². The minimum atomic E-state index is -0.315. The van der Waals surface area contributed by atoms with Crippen molar-refractivity contribution in [3.05, 3.63) is 30.1 Å². The summed E-state index contributed by atoms with van der Waals surface area (Å²) in [5, 5.41) is 10.3. The molecule has 2 unspecified atom stereocenters. The Bertz CT molecular complexity index is 295. The highest BCUT2D eigenvalue weighted by molar-refractivity contribution is 5.17. The molecule has 0 saturated carbocycles. The lowest BCUT2D eigenvalue weighted by Crippen LogP contribution is -2.33. The molecule has 1 heterocycles. The van der Waals surface area contributed by atoms with Gasteiger partial charge in [-0.25, -0.2) is 0 Å². The predicted molar refractivity (Wildman–Crippen MR) is 62.7 cm³/mol. The molecule has 0 fully saturated rings. The number of hydrogen-bond donors (Lipinski definition) is 1. The van der Waals surface area contributed by atoms with Crippen LogP contribution in [-0.4, -0.2) is 16.2 Å². The Morgan fingerprint density at radius 1 is 1.33 bits per heavy atom. The van der Waals surface area contributed by atoms with Crippen LogP contribution >= 0.6 is 0 Å². The monoisotopic (exact) mass is 207 g/mol. The van der Waals surface area contributed by atoms with E-state index in [0.717, 1.165) is 12.0 Å². The fourth-order valence-electron chi connectivity index (χ4n) is 1.74. The van der Waals surface area contributed by atoms with E-state index < -0.39 is 0 Å². The van der Waals surface area contributed by atoms with Crippen LogP contribution in [0.4, 0.5) is 0 Å². The second-order valence-corrected chi connectivity index (χ2v) is 4.86. The summed E-state index contributed by atoms with van der Waals surface area (Å²) in [6.45, 7) is 8.39. The van der Waals surface area contributed by atoms with Crippen LogP contribution in [0.15, 0.2) is 24.5 Å². The maximum absolute atomic E-state index is 10.3. The molecular weight excluding hydrogens is 186 g/mol. The van der Waals surface area contributed by atoms with Crippen molar-refractivity contribution >= 4 is 0 Å². The summed E-state index contributed by atoms with van der Waals surface area (Å²) in [6.07, 6.45) is 4.21. The first-order valence-electron chi connectivity index (χ1n) is 5.57. The zero-order valence-corrected chi connectivity index (χ0v) is 10.1. The number of aliphatic hydroxyl groups excluding tert-OH is 1. The number of nitrogens with zero attached hydrogens (tertiary/aromatic N) is 1. The largest absolute Gasteiger partial charge is 0.392 e. The van der Waals surface area contributed by atoms with Gasteiger partial charge in [0.1, 0.15) is 0 Å². The lowest BCUT2D eigenvalue weighted by atomic mass is 9.76. The molecule has 0 amide bonds. The van der Waals surface area contributed by atoms with Crippen LogP contribution in [0.25, 0.3) is 0 Å². The highest BCUT2D eigenvalue weighted by Gasteiger charge is 2.30. The van der Waals surface area contributed by atoms with Gasteiger partial charge in [-0.1, -0.05) is 27.7 Å². The molecule has 0 saturated heterocycles. The summed E-state index contributed by atoms with van der Waals surface area (Å²) in [5.41, 5.74) is 1.11. The second kappa shape index (κ2) is 4.75. The Labute approximate surface area is 92.4 Å². The zero-order valence-electron chi connectivity index (χ0n) is 10.1. The van der Waals surface area contributed by atoms with Crippen LogP contribution in [-0.2, 0) is 0 Å². The van der Waals surface area contributed by atoms with Gasteiger partial charge < -0.3 is 5.11 Å². The predicted octanol–water partition coefficient (Wildman–Crippen LogP) is 2.98. The molecule has 2 heteroatoms. The third-order valence-corrected chi connectivity index (χ3v) is 3.42. The van der Waals surface area contributed by atoms with Crippen molar-refractivity contribution in [2.45, 2.75) is 46.1 Å². The van der Waals surface area contributed by atoms with Gasteiger partial charge in [0.05, 0.1) is 6.10 Å². The fourth-order valence-corrected chi connectivity index (χ4v) is 1.74. The highest BCUT2D eigenvalue weighted by Crippen LogP contribution is 2.33. The van der Waals surface area contributed by atoms with Gasteiger partial charge in [0, 0.05) is 18.3 Å². The SMILES string of the molecule is CCC(C)(C)C(O)C(C)c1ccncc1. The molecule has 1 aromatic heterocycles. The third kappa shape index (κ3) is 2.78. The van der Waals surface area contributed by atoms with E-state index in [-0.39, 0.29) is 17.4 Å². The molecule has 15 heavy (non-hydrogen) atoms. The lowest BCUT2D eigenvalue weighted by molar-refractivity contribution is 0.0289. The van der Waals surface area contributed by atoms with Crippen LogP contribution < -0.4 is 0 Å². The second-order valence-electron chi connectivity index (χ2n) is 4.86. The summed E-state index contributed by atoms with van der Waals surface area (Å²) >= 11 is 0. The molecule has 1 rings (SSSR count). The molecule has 0 bridgehead atoms. The Balaban J connectivity index is 2.82. The van der Waals surface area contributed by atoms with Crippen molar-refractivity contribution in [2.75, 3.05) is 0 Å². The van der Waals surface area contributed by atoms with E-state index in [2.05, 4.69) is 32.7 Å². The van der Waals surface area contributed by atoms with Crippen LogP contribution in [0.3, 0.4) is 0 Å². The molecule has 0 aromatic carbocycles. The fraction of sp³-hybridized carbons (Fsp3) is 0.615. The van der Waals surface area contributed by atoms with Gasteiger partial charge in [0.2, 0.25) is 0 Å². The number of pyridine rings is 1. The summed E-state index contributed by atoms with van der Waals surface area (Å²) in [5.74, 6) is 0.156. The molecule has 0 aliphatic heterocycles. The Morgan fingerprint density at radius 2 is 1.87 bits per heavy atom. The van der Waals surface area contributed by atoms with E-state index in [1.807, 2.05) is 12.1 Å². The van der Waals surface area contributed by atoms with Crippen molar-refractivity contribution < 1.29 is 5.11 Å². The summed E-state index contributed by atoms with van der Waals surface area (Å²) in [7, 11) is 0. The van der Waals surface area contributed by atoms with Crippen molar-refractivity contribution in [1.82, 2.24) is 4.98 Å². The van der Waals surface area contributed by atoms with Crippen LogP contribution in [0.2, 0.25) is 0 Å². The van der Waals surface area contributed by atoms with Crippen LogP contribution in [0.5, 0.6) is 0 Å². The third-order valence-electron chi connectivity index (χ3n) is 3.42. The van der Waals surface area contributed by atoms with Gasteiger partial charge in [-0.15, -0.1) is 0 Å². The topological polar surface area (TPSA) is 33.1 Å². The number of aliphatic hydroxyl groups is 1. The van der Waals surface area contributed by atoms with E-state index in [1.54, 1.807) is 12.4 Å². The normalized spacial score (nSPS) is 16.1. The minimum absolute atomic E-state index is 0.0390. The maximum atomic E-state index is 10.3. The smallest absolute Gasteiger partial charge is 0.0656 e. The molecule has 1 N–H and O–H groups in total. The van der Waals surface area contributed by atoms with E-state index in [0.29, 0.717) is 0 Å². The molecule has 2 nitrogen and oxygen atoms in total. The molecule has 84 valence electrons. The molecule has 0 aliphatic carbocycles. The molecule has 2 atom stereocenters. The van der Waals surface area contributed by atoms with Crippen molar-refractivity contribution in [3.8, 4) is 0 Å². The molecule has 0 spiro atoms. The molecule has 0 aliphatic rings. The molecular formula is C13H21NO. The van der Waals surface area contributed by atoms with Crippen molar-refractivity contribution in [3.63, 3.8) is 0 Å².